The van der Waals surface area contributed by atoms with Crippen LogP contribution in [0.1, 0.15) is 11.3 Å². The molecule has 0 aliphatic heterocycles. The molecule has 2 aromatic heterocycles. The van der Waals surface area contributed by atoms with Gasteiger partial charge in [0.2, 0.25) is 5.43 Å². The highest BCUT2D eigenvalue weighted by atomic mass is 16.1. The zero-order valence-electron chi connectivity index (χ0n) is 16.5. The van der Waals surface area contributed by atoms with E-state index in [1.54, 1.807) is 10.9 Å². The number of hydrogen-bond acceptors (Lipinski definition) is 4. The van der Waals surface area contributed by atoms with Crippen LogP contribution in [0.3, 0.4) is 0 Å². The molecule has 0 unspecified atom stereocenters. The van der Waals surface area contributed by atoms with Gasteiger partial charge in [-0.1, -0.05) is 18.2 Å². The molecule has 6 nitrogen and oxygen atoms in total. The molecule has 0 aliphatic rings. The van der Waals surface area contributed by atoms with Crippen molar-refractivity contribution in [1.82, 2.24) is 14.3 Å². The minimum absolute atomic E-state index is 0.218. The average Bonchev–Trinajstić information content (AvgIpc) is 3.30. The van der Waals surface area contributed by atoms with Crippen molar-refractivity contribution in [3.63, 3.8) is 0 Å². The van der Waals surface area contributed by atoms with Crippen LogP contribution in [0.25, 0.3) is 17.1 Å². The number of anilines is 1. The van der Waals surface area contributed by atoms with Crippen LogP contribution < -0.4 is 10.7 Å². The smallest absolute Gasteiger partial charge is 0.209 e. The predicted octanol–water partition coefficient (Wildman–Crippen LogP) is 4.43. The molecule has 2 N–H and O–H groups in total. The van der Waals surface area contributed by atoms with Gasteiger partial charge in [0.05, 0.1) is 11.4 Å². The van der Waals surface area contributed by atoms with Gasteiger partial charge in [0, 0.05) is 42.2 Å². The van der Waals surface area contributed by atoms with Gasteiger partial charge in [-0.2, -0.15) is 5.10 Å². The fraction of sp³-hybridized carbons (Fsp3) is 0.0417. The SMILES string of the molecule is Cc1cc(-n2cccc2)ccc1-n1ccc(=O)c(/C(=C/C=N)Nc2ccccc2)n1. The van der Waals surface area contributed by atoms with E-state index in [4.69, 9.17) is 5.41 Å². The van der Waals surface area contributed by atoms with Gasteiger partial charge in [-0.3, -0.25) is 4.79 Å². The Balaban J connectivity index is 1.73. The molecule has 0 saturated heterocycles. The quantitative estimate of drug-likeness (QED) is 0.474. The Labute approximate surface area is 174 Å². The summed E-state index contributed by atoms with van der Waals surface area (Å²) in [7, 11) is 0. The Kier molecular flexibility index (Phi) is 5.39. The van der Waals surface area contributed by atoms with Crippen LogP contribution in [0.15, 0.2) is 96.2 Å². The fourth-order valence-electron chi connectivity index (χ4n) is 3.23. The number of aromatic nitrogens is 3. The van der Waals surface area contributed by atoms with Crippen LogP contribution in [0.2, 0.25) is 0 Å². The molecular formula is C24H21N5O. The third kappa shape index (κ3) is 3.98. The summed E-state index contributed by atoms with van der Waals surface area (Å²) in [5.74, 6) is 0. The van der Waals surface area contributed by atoms with E-state index in [0.29, 0.717) is 5.70 Å². The van der Waals surface area contributed by atoms with E-state index >= 15 is 0 Å². The van der Waals surface area contributed by atoms with Gasteiger partial charge in [0.15, 0.2) is 5.69 Å². The number of rotatable bonds is 6. The maximum absolute atomic E-state index is 12.6. The average molecular weight is 395 g/mol. The lowest BCUT2D eigenvalue weighted by atomic mass is 10.1. The monoisotopic (exact) mass is 395 g/mol. The molecule has 4 rings (SSSR count). The van der Waals surface area contributed by atoms with Crippen molar-refractivity contribution in [3.05, 3.63) is 113 Å². The summed E-state index contributed by atoms with van der Waals surface area (Å²) in [5, 5.41) is 15.2. The van der Waals surface area contributed by atoms with E-state index in [9.17, 15) is 4.79 Å². The zero-order valence-corrected chi connectivity index (χ0v) is 16.5. The molecular weight excluding hydrogens is 374 g/mol. The van der Waals surface area contributed by atoms with Gasteiger partial charge in [-0.15, -0.1) is 0 Å². The van der Waals surface area contributed by atoms with Gasteiger partial charge in [-0.25, -0.2) is 4.68 Å². The number of aryl methyl sites for hydroxylation is 1. The van der Waals surface area contributed by atoms with Crippen LogP contribution in [0.4, 0.5) is 5.69 Å². The molecule has 0 radical (unpaired) electrons. The molecule has 0 amide bonds. The standard InChI is InChI=1S/C24H21N5O/c1-18-17-20(28-14-5-6-15-28)9-10-22(18)29-16-12-23(30)24(27-29)21(11-13-25)26-19-7-3-2-4-8-19/h2-17,25-26H,1H3/b21-11-,25-13?. The summed E-state index contributed by atoms with van der Waals surface area (Å²) in [5.41, 5.74) is 4.27. The molecule has 0 saturated carbocycles. The Hall–Kier alpha value is -4.19. The van der Waals surface area contributed by atoms with Crippen LogP contribution in [0.5, 0.6) is 0 Å². The second-order valence-electron chi connectivity index (χ2n) is 6.77. The van der Waals surface area contributed by atoms with Crippen molar-refractivity contribution in [1.29, 1.82) is 5.41 Å². The van der Waals surface area contributed by atoms with E-state index in [1.807, 2.05) is 78.5 Å². The summed E-state index contributed by atoms with van der Waals surface area (Å²) in [6, 6.07) is 21.0. The minimum Gasteiger partial charge on any atom is -0.354 e. The number of benzene rings is 2. The molecule has 0 spiro atoms. The third-order valence-corrected chi connectivity index (χ3v) is 4.70. The summed E-state index contributed by atoms with van der Waals surface area (Å²) in [6.45, 7) is 2.01. The van der Waals surface area contributed by atoms with Crippen LogP contribution in [-0.2, 0) is 0 Å². The molecule has 0 aliphatic carbocycles. The van der Waals surface area contributed by atoms with Gasteiger partial charge in [0.1, 0.15) is 0 Å². The summed E-state index contributed by atoms with van der Waals surface area (Å²) in [6.07, 6.45) is 8.32. The van der Waals surface area contributed by atoms with Crippen molar-refractivity contribution < 1.29 is 0 Å². The summed E-state index contributed by atoms with van der Waals surface area (Å²) in [4.78, 5) is 12.6. The molecule has 30 heavy (non-hydrogen) atoms. The van der Waals surface area contributed by atoms with Gasteiger partial charge >= 0.3 is 0 Å². The number of nitrogens with zero attached hydrogens (tertiary/aromatic N) is 3. The Morgan fingerprint density at radius 3 is 2.47 bits per heavy atom. The highest BCUT2D eigenvalue weighted by Crippen LogP contribution is 2.19. The van der Waals surface area contributed by atoms with E-state index in [1.165, 1.54) is 12.1 Å². The van der Waals surface area contributed by atoms with Crippen molar-refractivity contribution in [2.24, 2.45) is 0 Å². The minimum atomic E-state index is -0.218. The Bertz CT molecular complexity index is 1250. The highest BCUT2D eigenvalue weighted by Gasteiger charge is 2.11. The van der Waals surface area contributed by atoms with E-state index < -0.39 is 0 Å². The number of nitrogens with one attached hydrogen (secondary N) is 2. The molecule has 0 bridgehead atoms. The lowest BCUT2D eigenvalue weighted by molar-refractivity contribution is 0.818. The van der Waals surface area contributed by atoms with Crippen molar-refractivity contribution >= 4 is 17.6 Å². The van der Waals surface area contributed by atoms with Crippen molar-refractivity contribution in [3.8, 4) is 11.4 Å². The maximum atomic E-state index is 12.6. The van der Waals surface area contributed by atoms with E-state index in [2.05, 4.69) is 16.5 Å². The lowest BCUT2D eigenvalue weighted by Crippen LogP contribution is -2.18. The van der Waals surface area contributed by atoms with Gasteiger partial charge in [-0.05, 0) is 61.0 Å². The normalized spacial score (nSPS) is 11.3. The molecule has 4 aromatic rings. The lowest BCUT2D eigenvalue weighted by Gasteiger charge is -2.14. The number of allylic oxidation sites excluding steroid dienone is 1. The van der Waals surface area contributed by atoms with Gasteiger partial charge in [0.25, 0.3) is 0 Å². The highest BCUT2D eigenvalue weighted by molar-refractivity contribution is 5.86. The number of para-hydroxylation sites is 1. The van der Waals surface area contributed by atoms with Crippen molar-refractivity contribution in [2.45, 2.75) is 6.92 Å². The first-order valence-corrected chi connectivity index (χ1v) is 9.53. The topological polar surface area (TPSA) is 75.7 Å². The second-order valence-corrected chi connectivity index (χ2v) is 6.77. The zero-order chi connectivity index (χ0) is 20.9. The van der Waals surface area contributed by atoms with Crippen LogP contribution >= 0.6 is 0 Å². The summed E-state index contributed by atoms with van der Waals surface area (Å²) < 4.78 is 3.73. The largest absolute Gasteiger partial charge is 0.354 e. The van der Waals surface area contributed by atoms with Crippen LogP contribution in [0, 0.1) is 12.3 Å². The predicted molar refractivity (Wildman–Crippen MR) is 121 cm³/mol. The van der Waals surface area contributed by atoms with Crippen LogP contribution in [-0.4, -0.2) is 20.6 Å². The first-order valence-electron chi connectivity index (χ1n) is 9.53. The number of hydrogen-bond donors (Lipinski definition) is 2. The first-order chi connectivity index (χ1) is 14.7. The van der Waals surface area contributed by atoms with E-state index in [0.717, 1.165) is 28.8 Å². The maximum Gasteiger partial charge on any atom is 0.209 e. The molecule has 2 aromatic carbocycles. The van der Waals surface area contributed by atoms with Crippen molar-refractivity contribution in [2.75, 3.05) is 5.32 Å². The molecule has 2 heterocycles. The molecule has 148 valence electrons. The molecule has 0 fully saturated rings. The summed E-state index contributed by atoms with van der Waals surface area (Å²) >= 11 is 0. The Morgan fingerprint density at radius 2 is 1.77 bits per heavy atom. The molecule has 6 heteroatoms. The van der Waals surface area contributed by atoms with Gasteiger partial charge < -0.3 is 15.3 Å². The first kappa shape index (κ1) is 19.1. The second kappa shape index (κ2) is 8.45. The third-order valence-electron chi connectivity index (χ3n) is 4.70. The Morgan fingerprint density at radius 1 is 1.00 bits per heavy atom. The van der Waals surface area contributed by atoms with E-state index in [-0.39, 0.29) is 11.1 Å². The fourth-order valence-corrected chi connectivity index (χ4v) is 3.23. The molecule has 0 atom stereocenters.